The third-order valence-electron chi connectivity index (χ3n) is 5.27. The highest BCUT2D eigenvalue weighted by atomic mass is 16.5. The standard InChI is InChI=1S/C23H31N3O2/c1-16-11-13-17(14-12-16)25-22(27)26-19-9-7-15-24-21(19)28-20-10-6-5-8-18(20)23(2,3)4/h5-10,15-17H,11-14H2,1-4H3,(H2,25,26,27). The molecule has 1 aliphatic carbocycles. The van der Waals surface area contributed by atoms with Crippen LogP contribution >= 0.6 is 0 Å². The molecule has 1 aliphatic rings. The van der Waals surface area contributed by atoms with Gasteiger partial charge in [-0.3, -0.25) is 0 Å². The van der Waals surface area contributed by atoms with Gasteiger partial charge in [-0.1, -0.05) is 45.9 Å². The van der Waals surface area contributed by atoms with Crippen LogP contribution in [0.15, 0.2) is 42.6 Å². The van der Waals surface area contributed by atoms with Crippen molar-refractivity contribution in [3.05, 3.63) is 48.2 Å². The Bertz CT molecular complexity index is 805. The number of carbonyl (C=O) groups is 1. The largest absolute Gasteiger partial charge is 0.437 e. The quantitative estimate of drug-likeness (QED) is 0.696. The lowest BCUT2D eigenvalue weighted by atomic mass is 9.86. The second kappa shape index (κ2) is 8.63. The summed E-state index contributed by atoms with van der Waals surface area (Å²) in [7, 11) is 0. The molecule has 2 N–H and O–H groups in total. The maximum atomic E-state index is 12.5. The minimum Gasteiger partial charge on any atom is -0.437 e. The lowest BCUT2D eigenvalue weighted by molar-refractivity contribution is 0.239. The number of hydrogen-bond acceptors (Lipinski definition) is 3. The van der Waals surface area contributed by atoms with Crippen molar-refractivity contribution in [1.29, 1.82) is 0 Å². The topological polar surface area (TPSA) is 63.2 Å². The molecule has 150 valence electrons. The highest BCUT2D eigenvalue weighted by Crippen LogP contribution is 2.35. The fourth-order valence-corrected chi connectivity index (χ4v) is 3.59. The summed E-state index contributed by atoms with van der Waals surface area (Å²) < 4.78 is 6.12. The Labute approximate surface area is 167 Å². The molecule has 1 fully saturated rings. The maximum Gasteiger partial charge on any atom is 0.319 e. The van der Waals surface area contributed by atoms with Crippen molar-refractivity contribution >= 4 is 11.7 Å². The molecule has 0 aliphatic heterocycles. The normalized spacial score (nSPS) is 19.7. The Morgan fingerprint density at radius 2 is 1.79 bits per heavy atom. The van der Waals surface area contributed by atoms with Crippen LogP contribution in [-0.4, -0.2) is 17.1 Å². The number of aromatic nitrogens is 1. The number of hydrogen-bond donors (Lipinski definition) is 2. The Morgan fingerprint density at radius 1 is 1.07 bits per heavy atom. The highest BCUT2D eigenvalue weighted by Gasteiger charge is 2.22. The van der Waals surface area contributed by atoms with E-state index in [-0.39, 0.29) is 17.5 Å². The number of para-hydroxylation sites is 1. The van der Waals surface area contributed by atoms with Crippen molar-refractivity contribution < 1.29 is 9.53 Å². The van der Waals surface area contributed by atoms with Crippen LogP contribution in [0.5, 0.6) is 11.6 Å². The second-order valence-corrected chi connectivity index (χ2v) is 8.76. The summed E-state index contributed by atoms with van der Waals surface area (Å²) in [5.74, 6) is 1.90. The summed E-state index contributed by atoms with van der Waals surface area (Å²) in [6.45, 7) is 8.70. The van der Waals surface area contributed by atoms with Gasteiger partial charge in [0.25, 0.3) is 0 Å². The number of urea groups is 1. The van der Waals surface area contributed by atoms with E-state index in [0.29, 0.717) is 11.6 Å². The number of ether oxygens (including phenoxy) is 1. The Morgan fingerprint density at radius 3 is 2.50 bits per heavy atom. The van der Waals surface area contributed by atoms with Gasteiger partial charge in [0.1, 0.15) is 11.4 Å². The zero-order valence-corrected chi connectivity index (χ0v) is 17.3. The Hall–Kier alpha value is -2.56. The molecule has 0 saturated heterocycles. The van der Waals surface area contributed by atoms with Crippen LogP contribution in [0.1, 0.15) is 58.9 Å². The maximum absolute atomic E-state index is 12.5. The van der Waals surface area contributed by atoms with E-state index in [9.17, 15) is 4.79 Å². The van der Waals surface area contributed by atoms with Crippen LogP contribution in [0.25, 0.3) is 0 Å². The fourth-order valence-electron chi connectivity index (χ4n) is 3.59. The zero-order valence-electron chi connectivity index (χ0n) is 17.3. The molecule has 5 heteroatoms. The molecule has 0 atom stereocenters. The summed E-state index contributed by atoms with van der Waals surface area (Å²) in [6, 6.07) is 11.6. The molecule has 0 bridgehead atoms. The van der Waals surface area contributed by atoms with Crippen LogP contribution in [0.4, 0.5) is 10.5 Å². The van der Waals surface area contributed by atoms with Crippen molar-refractivity contribution in [2.45, 2.75) is 64.8 Å². The van der Waals surface area contributed by atoms with Gasteiger partial charge in [-0.25, -0.2) is 9.78 Å². The van der Waals surface area contributed by atoms with Gasteiger partial charge < -0.3 is 15.4 Å². The third kappa shape index (κ3) is 5.24. The van der Waals surface area contributed by atoms with Crippen molar-refractivity contribution in [2.75, 3.05) is 5.32 Å². The van der Waals surface area contributed by atoms with Gasteiger partial charge >= 0.3 is 6.03 Å². The van der Waals surface area contributed by atoms with Gasteiger partial charge in [-0.15, -0.1) is 0 Å². The fraction of sp³-hybridized carbons (Fsp3) is 0.478. The van der Waals surface area contributed by atoms with Crippen molar-refractivity contribution in [3.63, 3.8) is 0 Å². The van der Waals surface area contributed by atoms with E-state index < -0.39 is 0 Å². The summed E-state index contributed by atoms with van der Waals surface area (Å²) in [5.41, 5.74) is 1.59. The van der Waals surface area contributed by atoms with E-state index >= 15 is 0 Å². The number of rotatable bonds is 4. The molecular weight excluding hydrogens is 350 g/mol. The highest BCUT2D eigenvalue weighted by molar-refractivity contribution is 5.90. The first-order valence-electron chi connectivity index (χ1n) is 10.1. The first-order chi connectivity index (χ1) is 13.3. The van der Waals surface area contributed by atoms with Crippen LogP contribution in [0.2, 0.25) is 0 Å². The molecule has 2 amide bonds. The average molecular weight is 382 g/mol. The number of anilines is 1. The van der Waals surface area contributed by atoms with Crippen LogP contribution in [0.3, 0.4) is 0 Å². The molecule has 0 unspecified atom stereocenters. The van der Waals surface area contributed by atoms with E-state index in [2.05, 4.69) is 49.4 Å². The summed E-state index contributed by atoms with van der Waals surface area (Å²) in [4.78, 5) is 16.8. The smallest absolute Gasteiger partial charge is 0.319 e. The predicted octanol–water partition coefficient (Wildman–Crippen LogP) is 5.87. The lowest BCUT2D eigenvalue weighted by Gasteiger charge is -2.27. The average Bonchev–Trinajstić information content (AvgIpc) is 2.65. The van der Waals surface area contributed by atoms with E-state index in [1.807, 2.05) is 24.3 Å². The monoisotopic (exact) mass is 381 g/mol. The predicted molar refractivity (Wildman–Crippen MR) is 113 cm³/mol. The number of amides is 2. The Kier molecular flexibility index (Phi) is 6.22. The zero-order chi connectivity index (χ0) is 20.1. The molecule has 2 aromatic rings. The van der Waals surface area contributed by atoms with E-state index in [0.717, 1.165) is 42.9 Å². The van der Waals surface area contributed by atoms with Crippen molar-refractivity contribution in [3.8, 4) is 11.6 Å². The number of benzene rings is 1. The molecule has 5 nitrogen and oxygen atoms in total. The molecule has 3 rings (SSSR count). The molecule has 0 spiro atoms. The van der Waals surface area contributed by atoms with Gasteiger partial charge in [0, 0.05) is 17.8 Å². The van der Waals surface area contributed by atoms with Crippen LogP contribution in [-0.2, 0) is 5.41 Å². The summed E-state index contributed by atoms with van der Waals surface area (Å²) >= 11 is 0. The minimum atomic E-state index is -0.207. The molecule has 1 heterocycles. The van der Waals surface area contributed by atoms with E-state index in [4.69, 9.17) is 4.74 Å². The van der Waals surface area contributed by atoms with Gasteiger partial charge in [0.2, 0.25) is 5.88 Å². The van der Waals surface area contributed by atoms with Crippen molar-refractivity contribution in [1.82, 2.24) is 10.3 Å². The number of nitrogens with zero attached hydrogens (tertiary/aromatic N) is 1. The van der Waals surface area contributed by atoms with Crippen LogP contribution < -0.4 is 15.4 Å². The van der Waals surface area contributed by atoms with Gasteiger partial charge in [-0.05, 0) is 55.2 Å². The molecule has 0 radical (unpaired) electrons. The second-order valence-electron chi connectivity index (χ2n) is 8.76. The molecular formula is C23H31N3O2. The molecule has 28 heavy (non-hydrogen) atoms. The molecule has 1 saturated carbocycles. The van der Waals surface area contributed by atoms with Crippen LogP contribution in [0, 0.1) is 5.92 Å². The first-order valence-corrected chi connectivity index (χ1v) is 10.1. The minimum absolute atomic E-state index is 0.0611. The Balaban J connectivity index is 1.71. The SMILES string of the molecule is CC1CCC(NC(=O)Nc2cccnc2Oc2ccccc2C(C)(C)C)CC1. The van der Waals surface area contributed by atoms with Crippen molar-refractivity contribution in [2.24, 2.45) is 5.92 Å². The third-order valence-corrected chi connectivity index (χ3v) is 5.27. The molecule has 1 aromatic heterocycles. The van der Waals surface area contributed by atoms with Gasteiger partial charge in [0.15, 0.2) is 0 Å². The summed E-state index contributed by atoms with van der Waals surface area (Å²) in [5, 5.41) is 5.99. The number of nitrogens with one attached hydrogen (secondary N) is 2. The number of pyridine rings is 1. The van der Waals surface area contributed by atoms with Gasteiger partial charge in [-0.2, -0.15) is 0 Å². The van der Waals surface area contributed by atoms with E-state index in [1.165, 1.54) is 0 Å². The molecule has 1 aromatic carbocycles. The van der Waals surface area contributed by atoms with Gasteiger partial charge in [0.05, 0.1) is 0 Å². The summed E-state index contributed by atoms with van der Waals surface area (Å²) in [6.07, 6.45) is 6.06. The lowest BCUT2D eigenvalue weighted by Crippen LogP contribution is -2.40. The van der Waals surface area contributed by atoms with E-state index in [1.54, 1.807) is 12.3 Å². The number of carbonyl (C=O) groups excluding carboxylic acids is 1. The first kappa shape index (κ1) is 20.2.